The molecule has 0 atom stereocenters. The Morgan fingerprint density at radius 2 is 1.97 bits per heavy atom. The quantitative estimate of drug-likeness (QED) is 0.594. The molecule has 162 valence electrons. The number of halogens is 1. The van der Waals surface area contributed by atoms with Crippen LogP contribution in [0.2, 0.25) is 0 Å². The molecule has 0 saturated carbocycles. The monoisotopic (exact) mass is 420 g/mol. The summed E-state index contributed by atoms with van der Waals surface area (Å²) in [6.45, 7) is 3.47. The number of amides is 1. The van der Waals surface area contributed by atoms with Crippen molar-refractivity contribution in [3.05, 3.63) is 56.5 Å². The van der Waals surface area contributed by atoms with Crippen LogP contribution in [0.4, 0.5) is 15.9 Å². The standard InChI is InChI=1S/C20H25FN4O5/c1-3-5-10-24(16-17(22)25(9-4-2)20(29)23-18(16)27)15(26)12-30-19(28)13-7-6-8-14(21)11-13/h6-8,11H,3-5,9-10,12,22H2,1-2H3,(H,23,27,29). The number of H-pyrrole nitrogens is 1. The Labute approximate surface area is 172 Å². The summed E-state index contributed by atoms with van der Waals surface area (Å²) < 4.78 is 19.4. The topological polar surface area (TPSA) is 127 Å². The molecular formula is C20H25FN4O5. The molecule has 0 fully saturated rings. The molecule has 0 unspecified atom stereocenters. The van der Waals surface area contributed by atoms with Crippen LogP contribution in [0.25, 0.3) is 0 Å². The fourth-order valence-electron chi connectivity index (χ4n) is 2.87. The first-order chi connectivity index (χ1) is 14.3. The van der Waals surface area contributed by atoms with E-state index in [9.17, 15) is 23.6 Å². The van der Waals surface area contributed by atoms with Gasteiger partial charge < -0.3 is 15.4 Å². The van der Waals surface area contributed by atoms with Crippen LogP contribution in [-0.2, 0) is 16.1 Å². The van der Waals surface area contributed by atoms with E-state index in [0.29, 0.717) is 12.8 Å². The molecule has 1 amide bonds. The number of carbonyl (C=O) groups is 2. The highest BCUT2D eigenvalue weighted by Gasteiger charge is 2.25. The minimum atomic E-state index is -0.879. The average Bonchev–Trinajstić information content (AvgIpc) is 2.71. The Kier molecular flexibility index (Phi) is 7.90. The zero-order valence-corrected chi connectivity index (χ0v) is 16.9. The fraction of sp³-hybridized carbons (Fsp3) is 0.400. The molecular weight excluding hydrogens is 395 g/mol. The van der Waals surface area contributed by atoms with Gasteiger partial charge in [0.05, 0.1) is 5.56 Å². The highest BCUT2D eigenvalue weighted by molar-refractivity contribution is 5.98. The first-order valence-electron chi connectivity index (χ1n) is 9.65. The highest BCUT2D eigenvalue weighted by atomic mass is 19.1. The molecule has 10 heteroatoms. The summed E-state index contributed by atoms with van der Waals surface area (Å²) in [7, 11) is 0. The maximum atomic E-state index is 13.3. The van der Waals surface area contributed by atoms with Crippen LogP contribution >= 0.6 is 0 Å². The number of nitrogen functional groups attached to an aromatic ring is 1. The maximum Gasteiger partial charge on any atom is 0.338 e. The molecule has 9 nitrogen and oxygen atoms in total. The van der Waals surface area contributed by atoms with Gasteiger partial charge in [-0.3, -0.25) is 19.1 Å². The molecule has 1 aromatic carbocycles. The summed E-state index contributed by atoms with van der Waals surface area (Å²) in [6.07, 6.45) is 1.86. The van der Waals surface area contributed by atoms with Gasteiger partial charge in [0, 0.05) is 13.1 Å². The predicted octanol–water partition coefficient (Wildman–Crippen LogP) is 1.66. The van der Waals surface area contributed by atoms with Crippen molar-refractivity contribution in [2.24, 2.45) is 0 Å². The van der Waals surface area contributed by atoms with E-state index < -0.39 is 35.5 Å². The molecule has 0 saturated heterocycles. The van der Waals surface area contributed by atoms with E-state index in [-0.39, 0.29) is 30.2 Å². The van der Waals surface area contributed by atoms with E-state index in [1.807, 2.05) is 13.8 Å². The summed E-state index contributed by atoms with van der Waals surface area (Å²) in [5.74, 6) is -2.31. The minimum Gasteiger partial charge on any atom is -0.452 e. The molecule has 0 aliphatic rings. The van der Waals surface area contributed by atoms with Gasteiger partial charge in [0.2, 0.25) is 0 Å². The van der Waals surface area contributed by atoms with Crippen molar-refractivity contribution in [2.45, 2.75) is 39.7 Å². The Hall–Kier alpha value is -3.43. The van der Waals surface area contributed by atoms with Crippen molar-refractivity contribution in [1.29, 1.82) is 0 Å². The van der Waals surface area contributed by atoms with Crippen molar-refractivity contribution >= 4 is 23.4 Å². The van der Waals surface area contributed by atoms with E-state index in [1.165, 1.54) is 22.8 Å². The van der Waals surface area contributed by atoms with Crippen LogP contribution in [0, 0.1) is 5.82 Å². The number of carbonyl (C=O) groups excluding carboxylic acids is 2. The SMILES string of the molecule is CCCCN(C(=O)COC(=O)c1cccc(F)c1)c1c(N)n(CCC)c(=O)[nH]c1=O. The number of nitrogens with one attached hydrogen (secondary N) is 1. The van der Waals surface area contributed by atoms with E-state index in [2.05, 4.69) is 4.98 Å². The zero-order chi connectivity index (χ0) is 22.3. The third-order valence-electron chi connectivity index (χ3n) is 4.35. The molecule has 0 spiro atoms. The second-order valence-corrected chi connectivity index (χ2v) is 6.63. The molecule has 1 heterocycles. The number of aromatic amines is 1. The third-order valence-corrected chi connectivity index (χ3v) is 4.35. The van der Waals surface area contributed by atoms with Crippen LogP contribution in [0.15, 0.2) is 33.9 Å². The summed E-state index contributed by atoms with van der Waals surface area (Å²) in [5, 5.41) is 0. The van der Waals surface area contributed by atoms with Crippen molar-refractivity contribution in [3.63, 3.8) is 0 Å². The number of unbranched alkanes of at least 4 members (excludes halogenated alkanes) is 1. The molecule has 2 aromatic rings. The number of hydrogen-bond acceptors (Lipinski definition) is 6. The van der Waals surface area contributed by atoms with Gasteiger partial charge in [0.25, 0.3) is 11.5 Å². The second-order valence-electron chi connectivity index (χ2n) is 6.63. The molecule has 30 heavy (non-hydrogen) atoms. The molecule has 3 N–H and O–H groups in total. The van der Waals surface area contributed by atoms with Gasteiger partial charge in [-0.25, -0.2) is 14.0 Å². The van der Waals surface area contributed by atoms with Gasteiger partial charge in [-0.1, -0.05) is 26.3 Å². The van der Waals surface area contributed by atoms with E-state index in [1.54, 1.807) is 0 Å². The number of esters is 1. The zero-order valence-electron chi connectivity index (χ0n) is 16.9. The Balaban J connectivity index is 2.30. The number of benzene rings is 1. The van der Waals surface area contributed by atoms with E-state index >= 15 is 0 Å². The lowest BCUT2D eigenvalue weighted by atomic mass is 10.2. The maximum absolute atomic E-state index is 13.3. The van der Waals surface area contributed by atoms with Crippen LogP contribution < -0.4 is 21.9 Å². The predicted molar refractivity (Wildman–Crippen MR) is 110 cm³/mol. The van der Waals surface area contributed by atoms with Crippen LogP contribution in [-0.4, -0.2) is 34.6 Å². The van der Waals surface area contributed by atoms with E-state index in [4.69, 9.17) is 10.5 Å². The molecule has 0 bridgehead atoms. The summed E-state index contributed by atoms with van der Waals surface area (Å²) in [6, 6.07) is 4.87. The molecule has 0 radical (unpaired) electrons. The van der Waals surface area contributed by atoms with Crippen LogP contribution in [0.3, 0.4) is 0 Å². The number of aromatic nitrogens is 2. The van der Waals surface area contributed by atoms with Gasteiger partial charge in [-0.05, 0) is 31.0 Å². The average molecular weight is 420 g/mol. The number of hydrogen-bond donors (Lipinski definition) is 2. The van der Waals surface area contributed by atoms with E-state index in [0.717, 1.165) is 17.4 Å². The minimum absolute atomic E-state index is 0.0447. The number of rotatable bonds is 9. The lowest BCUT2D eigenvalue weighted by Gasteiger charge is -2.24. The fourth-order valence-corrected chi connectivity index (χ4v) is 2.87. The van der Waals surface area contributed by atoms with Gasteiger partial charge in [-0.15, -0.1) is 0 Å². The molecule has 0 aliphatic carbocycles. The van der Waals surface area contributed by atoms with Crippen molar-refractivity contribution in [3.8, 4) is 0 Å². The molecule has 1 aromatic heterocycles. The van der Waals surface area contributed by atoms with Crippen molar-refractivity contribution < 1.29 is 18.7 Å². The number of anilines is 2. The van der Waals surface area contributed by atoms with Gasteiger partial charge in [-0.2, -0.15) is 0 Å². The van der Waals surface area contributed by atoms with Crippen LogP contribution in [0.5, 0.6) is 0 Å². The lowest BCUT2D eigenvalue weighted by molar-refractivity contribution is -0.121. The summed E-state index contributed by atoms with van der Waals surface area (Å²) in [5.41, 5.74) is 4.37. The Morgan fingerprint density at radius 3 is 2.60 bits per heavy atom. The molecule has 2 rings (SSSR count). The van der Waals surface area contributed by atoms with Crippen LogP contribution in [0.1, 0.15) is 43.5 Å². The van der Waals surface area contributed by atoms with Crippen molar-refractivity contribution in [2.75, 3.05) is 23.8 Å². The van der Waals surface area contributed by atoms with Gasteiger partial charge in [0.1, 0.15) is 11.6 Å². The summed E-state index contributed by atoms with van der Waals surface area (Å²) in [4.78, 5) is 52.6. The second kappa shape index (κ2) is 10.4. The van der Waals surface area contributed by atoms with Gasteiger partial charge >= 0.3 is 11.7 Å². The Bertz CT molecular complexity index is 1030. The lowest BCUT2D eigenvalue weighted by Crippen LogP contribution is -2.43. The number of ether oxygens (including phenoxy) is 1. The third kappa shape index (κ3) is 5.34. The number of nitrogens with zero attached hydrogens (tertiary/aromatic N) is 2. The first kappa shape index (κ1) is 22.9. The largest absolute Gasteiger partial charge is 0.452 e. The normalized spacial score (nSPS) is 10.6. The number of nitrogens with two attached hydrogens (primary N) is 1. The Morgan fingerprint density at radius 1 is 1.23 bits per heavy atom. The smallest absolute Gasteiger partial charge is 0.338 e. The summed E-state index contributed by atoms with van der Waals surface area (Å²) >= 11 is 0. The van der Waals surface area contributed by atoms with Gasteiger partial charge in [0.15, 0.2) is 12.3 Å². The first-order valence-corrected chi connectivity index (χ1v) is 9.65. The molecule has 0 aliphatic heterocycles. The van der Waals surface area contributed by atoms with Crippen molar-refractivity contribution in [1.82, 2.24) is 9.55 Å². The highest BCUT2D eigenvalue weighted by Crippen LogP contribution is 2.18.